The quantitative estimate of drug-likeness (QED) is 0.509. The molecule has 0 spiro atoms. The Morgan fingerprint density at radius 2 is 1.67 bits per heavy atom. The summed E-state index contributed by atoms with van der Waals surface area (Å²) in [6.45, 7) is 0. The average Bonchev–Trinajstić information content (AvgIpc) is 2.21. The van der Waals surface area contributed by atoms with Crippen molar-refractivity contribution in [2.45, 2.75) is 0 Å². The van der Waals surface area contributed by atoms with Crippen LogP contribution in [0.15, 0.2) is 42.5 Å². The number of rotatable bonds is 0. The molecule has 12 heavy (non-hydrogen) atoms. The van der Waals surface area contributed by atoms with Crippen LogP contribution in [0.5, 0.6) is 0 Å². The van der Waals surface area contributed by atoms with E-state index in [0.29, 0.717) is 0 Å². The molecule has 0 heterocycles. The van der Waals surface area contributed by atoms with Crippen molar-refractivity contribution >= 4 is 24.4 Å². The van der Waals surface area contributed by atoms with Gasteiger partial charge in [-0.3, -0.25) is 0 Å². The van der Waals surface area contributed by atoms with Crippen LogP contribution in [0, 0.1) is 6.07 Å². The minimum absolute atomic E-state index is 1.19. The maximum atomic E-state index is 3.06. The topological polar surface area (TPSA) is 0 Å². The van der Waals surface area contributed by atoms with Gasteiger partial charge in [0, 0.05) is 0 Å². The van der Waals surface area contributed by atoms with Gasteiger partial charge in [0.2, 0.25) is 0 Å². The Kier molecular flexibility index (Phi) is 4.49. The molecule has 0 nitrogen and oxygen atoms in total. The smallest absolute Gasteiger partial charge is 0.0648 e. The standard InChI is InChI=1S/C10H7.BrH.Zn/c1-2-6-10-8-4-3-7-9(10)5-1;;/h1-3,5-8H;1H;/q-1;;+2/p-1. The molecular formula is C10H7BrZn. The number of fused-ring (bicyclic) bond motifs is 1. The summed E-state index contributed by atoms with van der Waals surface area (Å²) in [7, 11) is 0. The zero-order chi connectivity index (χ0) is 8.81. The molecule has 0 bridgehead atoms. The van der Waals surface area contributed by atoms with E-state index >= 15 is 0 Å². The normalized spacial score (nSPS) is 8.92. The Hall–Kier alpha value is -0.197. The Balaban J connectivity index is 0.000000336. The van der Waals surface area contributed by atoms with Gasteiger partial charge in [0.1, 0.15) is 0 Å². The van der Waals surface area contributed by atoms with Crippen LogP contribution in [0.4, 0.5) is 0 Å². The molecule has 0 aliphatic carbocycles. The maximum absolute atomic E-state index is 3.06. The minimum Gasteiger partial charge on any atom is -0.183 e. The van der Waals surface area contributed by atoms with Gasteiger partial charge in [-0.05, 0) is 0 Å². The van der Waals surface area contributed by atoms with Gasteiger partial charge in [-0.15, -0.1) is 16.8 Å². The molecule has 0 saturated carbocycles. The van der Waals surface area contributed by atoms with Crippen molar-refractivity contribution in [1.82, 2.24) is 0 Å². The predicted molar refractivity (Wildman–Crippen MR) is 51.7 cm³/mol. The summed E-state index contributed by atoms with van der Waals surface area (Å²) in [6, 6.07) is 17.3. The third-order valence-electron chi connectivity index (χ3n) is 1.59. The number of benzene rings is 2. The van der Waals surface area contributed by atoms with Gasteiger partial charge >= 0.3 is 30.0 Å². The second kappa shape index (κ2) is 5.45. The molecule has 2 heteroatoms. The van der Waals surface area contributed by atoms with E-state index in [-0.39, 0.29) is 0 Å². The fourth-order valence-corrected chi connectivity index (χ4v) is 1.07. The molecular weight excluding hydrogens is 265 g/mol. The summed E-state index contributed by atoms with van der Waals surface area (Å²) in [5.41, 5.74) is 0. The Morgan fingerprint density at radius 1 is 1.00 bits per heavy atom. The zero-order valence-electron chi connectivity index (χ0n) is 6.63. The monoisotopic (exact) mass is 270 g/mol. The molecule has 2 rings (SSSR count). The largest absolute Gasteiger partial charge is 0.183 e. The van der Waals surface area contributed by atoms with E-state index < -0.39 is 0 Å². The molecule has 0 aliphatic rings. The van der Waals surface area contributed by atoms with E-state index in [2.05, 4.69) is 37.9 Å². The first kappa shape index (κ1) is 9.89. The minimum atomic E-state index is 1.19. The molecule has 0 fully saturated rings. The van der Waals surface area contributed by atoms with Gasteiger partial charge in [0.15, 0.2) is 0 Å². The van der Waals surface area contributed by atoms with Gasteiger partial charge in [-0.25, -0.2) is 0 Å². The van der Waals surface area contributed by atoms with E-state index in [0.717, 1.165) is 0 Å². The van der Waals surface area contributed by atoms with Gasteiger partial charge in [-0.1, -0.05) is 18.2 Å². The first-order valence-electron chi connectivity index (χ1n) is 3.58. The Bertz CT molecular complexity index is 281. The Morgan fingerprint density at radius 3 is 2.33 bits per heavy atom. The van der Waals surface area contributed by atoms with Crippen molar-refractivity contribution < 1.29 is 16.3 Å². The third kappa shape index (κ3) is 2.40. The molecule has 0 aliphatic heterocycles. The van der Waals surface area contributed by atoms with Crippen LogP contribution in [-0.4, -0.2) is 0 Å². The third-order valence-corrected chi connectivity index (χ3v) is 1.59. The van der Waals surface area contributed by atoms with E-state index in [9.17, 15) is 0 Å². The second-order valence-electron chi connectivity index (χ2n) is 2.27. The zero-order valence-corrected chi connectivity index (χ0v) is 11.2. The van der Waals surface area contributed by atoms with Crippen molar-refractivity contribution in [2.24, 2.45) is 0 Å². The Labute approximate surface area is 89.0 Å². The van der Waals surface area contributed by atoms with Gasteiger partial charge in [0.05, 0.1) is 0 Å². The summed E-state index contributed by atoms with van der Waals surface area (Å²) >= 11 is 4.25. The van der Waals surface area contributed by atoms with Crippen molar-refractivity contribution in [3.63, 3.8) is 0 Å². The molecule has 0 aromatic heterocycles. The summed E-state index contributed by atoms with van der Waals surface area (Å²) in [6.07, 6.45) is 0. The van der Waals surface area contributed by atoms with E-state index in [1.165, 1.54) is 27.1 Å². The molecule has 0 unspecified atom stereocenters. The second-order valence-corrected chi connectivity index (χ2v) is 2.27. The molecule has 0 N–H and O–H groups in total. The molecule has 0 saturated heterocycles. The average molecular weight is 272 g/mol. The van der Waals surface area contributed by atoms with Crippen LogP contribution in [-0.2, 0) is 16.3 Å². The fourth-order valence-electron chi connectivity index (χ4n) is 1.07. The summed E-state index contributed by atoms with van der Waals surface area (Å²) in [5, 5.41) is 2.53. The first-order chi connectivity index (χ1) is 5.97. The van der Waals surface area contributed by atoms with Crippen LogP contribution in [0.1, 0.15) is 0 Å². The van der Waals surface area contributed by atoms with Gasteiger partial charge in [0.25, 0.3) is 0 Å². The fraction of sp³-hybridized carbons (Fsp3) is 0. The van der Waals surface area contributed by atoms with E-state index in [4.69, 9.17) is 0 Å². The number of hydrogen-bond donors (Lipinski definition) is 0. The van der Waals surface area contributed by atoms with Crippen LogP contribution in [0.2, 0.25) is 0 Å². The molecule has 2 aromatic rings. The predicted octanol–water partition coefficient (Wildman–Crippen LogP) is 3.48. The van der Waals surface area contributed by atoms with Crippen LogP contribution in [0.3, 0.4) is 0 Å². The van der Waals surface area contributed by atoms with Crippen molar-refractivity contribution in [3.8, 4) is 0 Å². The van der Waals surface area contributed by atoms with Crippen LogP contribution >= 0.6 is 13.6 Å². The SMILES string of the molecule is [Zn+][Br].[c-]1ccc2ccccc2c1. The molecule has 56 valence electrons. The molecule has 0 amide bonds. The van der Waals surface area contributed by atoms with Crippen molar-refractivity contribution in [2.75, 3.05) is 0 Å². The van der Waals surface area contributed by atoms with E-state index in [1.54, 1.807) is 0 Å². The number of halogens is 1. The first-order valence-corrected chi connectivity index (χ1v) is 10.5. The molecule has 0 radical (unpaired) electrons. The maximum Gasteiger partial charge on any atom is -0.0648 e. The van der Waals surface area contributed by atoms with E-state index in [1.807, 2.05) is 24.3 Å². The van der Waals surface area contributed by atoms with Crippen LogP contribution in [0.25, 0.3) is 10.8 Å². The number of hydrogen-bond acceptors (Lipinski definition) is 0. The molecule has 0 atom stereocenters. The van der Waals surface area contributed by atoms with Crippen molar-refractivity contribution in [3.05, 3.63) is 48.5 Å². The van der Waals surface area contributed by atoms with Gasteiger partial charge in [-0.2, -0.15) is 24.3 Å². The summed E-state index contributed by atoms with van der Waals surface area (Å²) in [4.78, 5) is 0. The summed E-state index contributed by atoms with van der Waals surface area (Å²) < 4.78 is 0. The van der Waals surface area contributed by atoms with Crippen LogP contribution < -0.4 is 0 Å². The summed E-state index contributed by atoms with van der Waals surface area (Å²) in [5.74, 6) is 0. The molecule has 2 aromatic carbocycles. The van der Waals surface area contributed by atoms with Gasteiger partial charge < -0.3 is 0 Å². The van der Waals surface area contributed by atoms with Crippen molar-refractivity contribution in [1.29, 1.82) is 0 Å².